The number of anilines is 1. The van der Waals surface area contributed by atoms with Gasteiger partial charge in [-0.3, -0.25) is 0 Å². The van der Waals surface area contributed by atoms with Gasteiger partial charge in [0.2, 0.25) is 0 Å². The van der Waals surface area contributed by atoms with Crippen LogP contribution in [0.1, 0.15) is 26.5 Å². The Kier molecular flexibility index (Phi) is 4.95. The molecule has 0 aliphatic rings. The molecular formula is C14H20IN5. The van der Waals surface area contributed by atoms with Gasteiger partial charge in [0.05, 0.1) is 9.26 Å². The average Bonchev–Trinajstić information content (AvgIpc) is 2.80. The van der Waals surface area contributed by atoms with Gasteiger partial charge in [0, 0.05) is 26.0 Å². The van der Waals surface area contributed by atoms with Crippen LogP contribution in [0.4, 0.5) is 5.82 Å². The Labute approximate surface area is 133 Å². The van der Waals surface area contributed by atoms with E-state index in [0.717, 1.165) is 33.9 Å². The van der Waals surface area contributed by atoms with Crippen LogP contribution >= 0.6 is 22.6 Å². The first-order valence-electron chi connectivity index (χ1n) is 6.80. The van der Waals surface area contributed by atoms with E-state index in [-0.39, 0.29) is 0 Å². The summed E-state index contributed by atoms with van der Waals surface area (Å²) in [6.07, 6.45) is 4.62. The quantitative estimate of drug-likeness (QED) is 0.804. The first kappa shape index (κ1) is 15.2. The van der Waals surface area contributed by atoms with E-state index in [1.54, 1.807) is 6.20 Å². The maximum Gasteiger partial charge on any atom is 0.198 e. The van der Waals surface area contributed by atoms with Crippen LogP contribution in [0.2, 0.25) is 0 Å². The van der Waals surface area contributed by atoms with Crippen LogP contribution in [0.5, 0.6) is 0 Å². The van der Waals surface area contributed by atoms with Crippen LogP contribution in [0.3, 0.4) is 0 Å². The van der Waals surface area contributed by atoms with Gasteiger partial charge >= 0.3 is 0 Å². The van der Waals surface area contributed by atoms with Crippen LogP contribution < -0.4 is 5.32 Å². The van der Waals surface area contributed by atoms with Crippen LogP contribution in [-0.2, 0) is 13.5 Å². The summed E-state index contributed by atoms with van der Waals surface area (Å²) >= 11 is 2.33. The Bertz CT molecular complexity index is 591. The van der Waals surface area contributed by atoms with Crippen molar-refractivity contribution in [2.45, 2.75) is 27.2 Å². The van der Waals surface area contributed by atoms with Crippen molar-refractivity contribution in [3.63, 3.8) is 0 Å². The number of aromatic nitrogens is 4. The predicted octanol–water partition coefficient (Wildman–Crippen LogP) is 3.11. The Hall–Kier alpha value is -1.18. The monoisotopic (exact) mass is 385 g/mol. The molecule has 2 aromatic rings. The second-order valence-corrected chi connectivity index (χ2v) is 6.23. The molecule has 0 amide bonds. The molecule has 2 aromatic heterocycles. The van der Waals surface area contributed by atoms with E-state index in [0.29, 0.717) is 11.7 Å². The minimum absolute atomic E-state index is 0.558. The molecule has 2 rings (SSSR count). The first-order valence-corrected chi connectivity index (χ1v) is 7.88. The SMILES string of the molecule is CCNc1nc(-c2nccn2C)nc(CC(C)C)c1I. The number of halogens is 1. The van der Waals surface area contributed by atoms with E-state index in [1.165, 1.54) is 0 Å². The summed E-state index contributed by atoms with van der Waals surface area (Å²) < 4.78 is 3.05. The molecule has 0 radical (unpaired) electrons. The van der Waals surface area contributed by atoms with E-state index in [9.17, 15) is 0 Å². The lowest BCUT2D eigenvalue weighted by atomic mass is 10.1. The van der Waals surface area contributed by atoms with E-state index in [4.69, 9.17) is 4.98 Å². The normalized spacial score (nSPS) is 11.1. The number of hydrogen-bond donors (Lipinski definition) is 1. The summed E-state index contributed by atoms with van der Waals surface area (Å²) in [7, 11) is 1.96. The molecule has 0 atom stereocenters. The molecule has 0 aliphatic heterocycles. The standard InChI is InChI=1S/C14H20IN5/c1-5-16-12-11(15)10(8-9(2)3)18-13(19-12)14-17-6-7-20(14)4/h6-7,9H,5,8H2,1-4H3,(H,16,18,19). The molecule has 20 heavy (non-hydrogen) atoms. The third kappa shape index (κ3) is 3.28. The molecule has 0 saturated carbocycles. The lowest BCUT2D eigenvalue weighted by Gasteiger charge is -2.13. The number of aryl methyl sites for hydroxylation is 1. The van der Waals surface area contributed by atoms with Gasteiger partial charge in [-0.1, -0.05) is 13.8 Å². The third-order valence-electron chi connectivity index (χ3n) is 2.89. The molecule has 0 fully saturated rings. The highest BCUT2D eigenvalue weighted by Gasteiger charge is 2.16. The Morgan fingerprint density at radius 2 is 2.10 bits per heavy atom. The van der Waals surface area contributed by atoms with Crippen LogP contribution in [-0.4, -0.2) is 26.1 Å². The van der Waals surface area contributed by atoms with Gasteiger partial charge in [0.1, 0.15) is 5.82 Å². The summed E-state index contributed by atoms with van der Waals surface area (Å²) in [6.45, 7) is 7.31. The maximum atomic E-state index is 4.72. The predicted molar refractivity (Wildman–Crippen MR) is 89.7 cm³/mol. The summed E-state index contributed by atoms with van der Waals surface area (Å²) in [5.41, 5.74) is 1.09. The lowest BCUT2D eigenvalue weighted by Crippen LogP contribution is -2.11. The fraction of sp³-hybridized carbons (Fsp3) is 0.500. The average molecular weight is 385 g/mol. The van der Waals surface area contributed by atoms with Crippen molar-refractivity contribution in [1.82, 2.24) is 19.5 Å². The highest BCUT2D eigenvalue weighted by atomic mass is 127. The summed E-state index contributed by atoms with van der Waals surface area (Å²) in [4.78, 5) is 13.7. The number of hydrogen-bond acceptors (Lipinski definition) is 4. The zero-order valence-corrected chi connectivity index (χ0v) is 14.5. The first-order chi connectivity index (χ1) is 9.52. The minimum atomic E-state index is 0.558. The molecule has 0 spiro atoms. The fourth-order valence-corrected chi connectivity index (χ4v) is 2.63. The van der Waals surface area contributed by atoms with E-state index >= 15 is 0 Å². The molecule has 0 saturated heterocycles. The lowest BCUT2D eigenvalue weighted by molar-refractivity contribution is 0.632. The topological polar surface area (TPSA) is 55.6 Å². The number of rotatable bonds is 5. The largest absolute Gasteiger partial charge is 0.369 e. The number of nitrogens with zero attached hydrogens (tertiary/aromatic N) is 4. The molecular weight excluding hydrogens is 365 g/mol. The zero-order chi connectivity index (χ0) is 14.7. The molecule has 108 valence electrons. The van der Waals surface area contributed by atoms with Crippen molar-refractivity contribution in [3.8, 4) is 11.6 Å². The number of nitrogens with one attached hydrogen (secondary N) is 1. The molecule has 0 aliphatic carbocycles. The van der Waals surface area contributed by atoms with E-state index in [2.05, 4.69) is 58.6 Å². The third-order valence-corrected chi connectivity index (χ3v) is 4.02. The molecule has 2 heterocycles. The van der Waals surface area contributed by atoms with Gasteiger partial charge in [-0.15, -0.1) is 0 Å². The van der Waals surface area contributed by atoms with Gasteiger partial charge in [-0.2, -0.15) is 0 Å². The van der Waals surface area contributed by atoms with Crippen molar-refractivity contribution in [1.29, 1.82) is 0 Å². The van der Waals surface area contributed by atoms with Gasteiger partial charge in [-0.25, -0.2) is 15.0 Å². The van der Waals surface area contributed by atoms with Crippen molar-refractivity contribution < 1.29 is 0 Å². The van der Waals surface area contributed by atoms with Gasteiger partial charge in [0.25, 0.3) is 0 Å². The summed E-state index contributed by atoms with van der Waals surface area (Å²) in [5.74, 6) is 2.94. The summed E-state index contributed by atoms with van der Waals surface area (Å²) in [6, 6.07) is 0. The maximum absolute atomic E-state index is 4.72. The Morgan fingerprint density at radius 3 is 2.65 bits per heavy atom. The highest BCUT2D eigenvalue weighted by Crippen LogP contribution is 2.24. The van der Waals surface area contributed by atoms with E-state index < -0.39 is 0 Å². The molecule has 0 unspecified atom stereocenters. The Morgan fingerprint density at radius 1 is 1.35 bits per heavy atom. The van der Waals surface area contributed by atoms with Crippen molar-refractivity contribution in [2.75, 3.05) is 11.9 Å². The molecule has 5 nitrogen and oxygen atoms in total. The van der Waals surface area contributed by atoms with Gasteiger partial charge < -0.3 is 9.88 Å². The van der Waals surface area contributed by atoms with Crippen molar-refractivity contribution >= 4 is 28.4 Å². The fourth-order valence-electron chi connectivity index (χ4n) is 1.98. The number of imidazole rings is 1. The second-order valence-electron chi connectivity index (χ2n) is 5.15. The van der Waals surface area contributed by atoms with Crippen LogP contribution in [0.15, 0.2) is 12.4 Å². The second kappa shape index (κ2) is 6.51. The van der Waals surface area contributed by atoms with Crippen molar-refractivity contribution in [2.24, 2.45) is 13.0 Å². The highest BCUT2D eigenvalue weighted by molar-refractivity contribution is 14.1. The molecule has 0 aromatic carbocycles. The van der Waals surface area contributed by atoms with E-state index in [1.807, 2.05) is 17.8 Å². The smallest absolute Gasteiger partial charge is 0.198 e. The Balaban J connectivity index is 2.52. The zero-order valence-electron chi connectivity index (χ0n) is 12.3. The molecule has 1 N–H and O–H groups in total. The van der Waals surface area contributed by atoms with Crippen molar-refractivity contribution in [3.05, 3.63) is 21.7 Å². The summed E-state index contributed by atoms with van der Waals surface area (Å²) in [5, 5.41) is 3.32. The van der Waals surface area contributed by atoms with Crippen LogP contribution in [0, 0.1) is 9.49 Å². The van der Waals surface area contributed by atoms with Gasteiger partial charge in [0.15, 0.2) is 11.6 Å². The van der Waals surface area contributed by atoms with Gasteiger partial charge in [-0.05, 0) is 41.9 Å². The molecule has 6 heteroatoms. The van der Waals surface area contributed by atoms with Crippen LogP contribution in [0.25, 0.3) is 11.6 Å². The molecule has 0 bridgehead atoms. The minimum Gasteiger partial charge on any atom is -0.369 e.